The van der Waals surface area contributed by atoms with Crippen molar-refractivity contribution in [2.24, 2.45) is 5.73 Å². The zero-order valence-electron chi connectivity index (χ0n) is 11.1. The molecule has 1 aliphatic rings. The maximum atomic E-state index is 9.07. The van der Waals surface area contributed by atoms with Crippen LogP contribution in [0, 0.1) is 6.92 Å². The molecule has 0 aliphatic heterocycles. The van der Waals surface area contributed by atoms with Crippen molar-refractivity contribution < 1.29 is 5.11 Å². The molecule has 4 heteroatoms. The van der Waals surface area contributed by atoms with E-state index in [1.54, 1.807) is 0 Å². The van der Waals surface area contributed by atoms with Crippen LogP contribution in [0.25, 0.3) is 0 Å². The summed E-state index contributed by atoms with van der Waals surface area (Å²) >= 11 is 1.81. The van der Waals surface area contributed by atoms with Crippen LogP contribution in [0.1, 0.15) is 42.2 Å². The quantitative estimate of drug-likeness (QED) is 0.798. The molecule has 1 aromatic heterocycles. The van der Waals surface area contributed by atoms with E-state index in [0.29, 0.717) is 18.6 Å². The molecule has 0 spiro atoms. The number of nitrogens with two attached hydrogens (primary N) is 1. The molecule has 0 bridgehead atoms. The highest BCUT2D eigenvalue weighted by Crippen LogP contribution is 2.35. The van der Waals surface area contributed by atoms with Gasteiger partial charge in [0, 0.05) is 30.6 Å². The maximum Gasteiger partial charge on any atom is 0.0569 e. The van der Waals surface area contributed by atoms with Crippen LogP contribution in [-0.2, 0) is 0 Å². The van der Waals surface area contributed by atoms with Gasteiger partial charge in [-0.05, 0) is 43.2 Å². The van der Waals surface area contributed by atoms with E-state index in [0.717, 1.165) is 13.0 Å². The molecular formula is C14H24N2OS. The fourth-order valence-corrected chi connectivity index (χ4v) is 3.74. The summed E-state index contributed by atoms with van der Waals surface area (Å²) < 4.78 is 0. The summed E-state index contributed by atoms with van der Waals surface area (Å²) in [7, 11) is 0. The van der Waals surface area contributed by atoms with Crippen molar-refractivity contribution in [3.05, 3.63) is 21.9 Å². The third kappa shape index (κ3) is 2.94. The lowest BCUT2D eigenvalue weighted by molar-refractivity contribution is 0.0755. The van der Waals surface area contributed by atoms with Gasteiger partial charge in [0.15, 0.2) is 0 Å². The van der Waals surface area contributed by atoms with Crippen LogP contribution in [0.5, 0.6) is 0 Å². The van der Waals surface area contributed by atoms with Gasteiger partial charge in [0.05, 0.1) is 6.04 Å². The first-order valence-electron chi connectivity index (χ1n) is 6.88. The molecule has 1 heterocycles. The lowest BCUT2D eigenvalue weighted by atomic mass is 9.89. The lowest BCUT2D eigenvalue weighted by Gasteiger charge is -2.42. The van der Waals surface area contributed by atoms with Crippen molar-refractivity contribution in [3.63, 3.8) is 0 Å². The number of rotatable bonds is 7. The molecule has 0 amide bonds. The van der Waals surface area contributed by atoms with Crippen molar-refractivity contribution in [3.8, 4) is 0 Å². The fourth-order valence-electron chi connectivity index (χ4n) is 2.68. The van der Waals surface area contributed by atoms with Gasteiger partial charge in [0.2, 0.25) is 0 Å². The Labute approximate surface area is 114 Å². The highest BCUT2D eigenvalue weighted by atomic mass is 32.1. The van der Waals surface area contributed by atoms with Gasteiger partial charge in [-0.15, -0.1) is 11.3 Å². The van der Waals surface area contributed by atoms with E-state index in [-0.39, 0.29) is 6.61 Å². The van der Waals surface area contributed by atoms with Gasteiger partial charge in [-0.25, -0.2) is 0 Å². The first kappa shape index (κ1) is 14.0. The normalized spacial score (nSPS) is 18.0. The highest BCUT2D eigenvalue weighted by Gasteiger charge is 2.31. The van der Waals surface area contributed by atoms with Crippen LogP contribution in [0.3, 0.4) is 0 Å². The van der Waals surface area contributed by atoms with Crippen LogP contribution in [0.4, 0.5) is 0 Å². The predicted octanol–water partition coefficient (Wildman–Crippen LogP) is 2.29. The second-order valence-corrected chi connectivity index (χ2v) is 6.07. The molecule has 0 radical (unpaired) electrons. The number of thiophene rings is 1. The van der Waals surface area contributed by atoms with Gasteiger partial charge < -0.3 is 10.8 Å². The predicted molar refractivity (Wildman–Crippen MR) is 76.9 cm³/mol. The van der Waals surface area contributed by atoms with E-state index in [4.69, 9.17) is 10.8 Å². The summed E-state index contributed by atoms with van der Waals surface area (Å²) in [5, 5.41) is 11.2. The average molecular weight is 268 g/mol. The third-order valence-electron chi connectivity index (χ3n) is 3.95. The molecule has 1 fully saturated rings. The molecule has 3 N–H and O–H groups in total. The Bertz CT molecular complexity index is 362. The number of aryl methyl sites for hydroxylation is 1. The van der Waals surface area contributed by atoms with Gasteiger partial charge in [0.1, 0.15) is 0 Å². The molecule has 2 rings (SSSR count). The highest BCUT2D eigenvalue weighted by molar-refractivity contribution is 7.10. The Balaban J connectivity index is 2.12. The van der Waals surface area contributed by atoms with Crippen molar-refractivity contribution in [2.45, 2.75) is 44.7 Å². The summed E-state index contributed by atoms with van der Waals surface area (Å²) in [6.45, 7) is 4.06. The molecule has 3 nitrogen and oxygen atoms in total. The maximum absolute atomic E-state index is 9.07. The molecule has 18 heavy (non-hydrogen) atoms. The van der Waals surface area contributed by atoms with E-state index in [1.165, 1.54) is 29.7 Å². The van der Waals surface area contributed by atoms with Crippen molar-refractivity contribution >= 4 is 11.3 Å². The monoisotopic (exact) mass is 268 g/mol. The number of hydrogen-bond acceptors (Lipinski definition) is 4. The molecule has 102 valence electrons. The second kappa shape index (κ2) is 6.66. The summed E-state index contributed by atoms with van der Waals surface area (Å²) in [5.41, 5.74) is 7.38. The second-order valence-electron chi connectivity index (χ2n) is 5.12. The molecule has 1 aromatic rings. The Morgan fingerprint density at radius 2 is 2.33 bits per heavy atom. The van der Waals surface area contributed by atoms with Gasteiger partial charge in [0.25, 0.3) is 0 Å². The minimum Gasteiger partial charge on any atom is -0.396 e. The molecule has 0 saturated heterocycles. The van der Waals surface area contributed by atoms with Crippen molar-refractivity contribution in [1.82, 2.24) is 4.90 Å². The van der Waals surface area contributed by atoms with Crippen LogP contribution in [0.2, 0.25) is 0 Å². The number of aliphatic hydroxyl groups is 1. The summed E-state index contributed by atoms with van der Waals surface area (Å²) in [4.78, 5) is 3.93. The van der Waals surface area contributed by atoms with Crippen LogP contribution >= 0.6 is 11.3 Å². The zero-order valence-corrected chi connectivity index (χ0v) is 12.0. The molecule has 1 atom stereocenters. The first-order chi connectivity index (χ1) is 8.77. The summed E-state index contributed by atoms with van der Waals surface area (Å²) in [5.74, 6) is 0. The Morgan fingerprint density at radius 3 is 2.78 bits per heavy atom. The first-order valence-corrected chi connectivity index (χ1v) is 7.76. The summed E-state index contributed by atoms with van der Waals surface area (Å²) in [6.07, 6.45) is 4.75. The summed E-state index contributed by atoms with van der Waals surface area (Å²) in [6, 6.07) is 3.18. The molecule has 1 saturated carbocycles. The number of nitrogens with zero attached hydrogens (tertiary/aromatic N) is 1. The van der Waals surface area contributed by atoms with Crippen LogP contribution in [0.15, 0.2) is 11.4 Å². The average Bonchev–Trinajstić information content (AvgIpc) is 2.71. The SMILES string of the molecule is Cc1ccsc1C(CN)N(CCCO)C1CCC1. The van der Waals surface area contributed by atoms with Gasteiger partial charge in [-0.3, -0.25) is 4.90 Å². The van der Waals surface area contributed by atoms with E-state index in [9.17, 15) is 0 Å². The van der Waals surface area contributed by atoms with Crippen LogP contribution in [-0.4, -0.2) is 35.7 Å². The zero-order chi connectivity index (χ0) is 13.0. The minimum absolute atomic E-state index is 0.268. The van der Waals surface area contributed by atoms with Crippen LogP contribution < -0.4 is 5.73 Å². The van der Waals surface area contributed by atoms with Gasteiger partial charge in [-0.1, -0.05) is 6.42 Å². The number of hydrogen-bond donors (Lipinski definition) is 2. The van der Waals surface area contributed by atoms with Crippen molar-refractivity contribution in [2.75, 3.05) is 19.7 Å². The van der Waals surface area contributed by atoms with E-state index < -0.39 is 0 Å². The van der Waals surface area contributed by atoms with Gasteiger partial charge >= 0.3 is 0 Å². The largest absolute Gasteiger partial charge is 0.396 e. The molecular weight excluding hydrogens is 244 g/mol. The third-order valence-corrected chi connectivity index (χ3v) is 5.07. The van der Waals surface area contributed by atoms with E-state index in [1.807, 2.05) is 11.3 Å². The standard InChI is InChI=1S/C14H24N2OS/c1-11-6-9-18-14(11)13(10-15)16(7-3-8-17)12-4-2-5-12/h6,9,12-13,17H,2-5,7-8,10,15H2,1H3. The molecule has 0 aromatic carbocycles. The number of aliphatic hydroxyl groups excluding tert-OH is 1. The van der Waals surface area contributed by atoms with Crippen molar-refractivity contribution in [1.29, 1.82) is 0 Å². The molecule has 1 unspecified atom stereocenters. The Morgan fingerprint density at radius 1 is 1.56 bits per heavy atom. The lowest BCUT2D eigenvalue weighted by Crippen LogP contribution is -2.45. The smallest absolute Gasteiger partial charge is 0.0569 e. The molecule has 1 aliphatic carbocycles. The topological polar surface area (TPSA) is 49.5 Å². The van der Waals surface area contributed by atoms with E-state index >= 15 is 0 Å². The van der Waals surface area contributed by atoms with E-state index in [2.05, 4.69) is 23.3 Å². The Kier molecular flexibility index (Phi) is 5.18. The minimum atomic E-state index is 0.268. The fraction of sp³-hybridized carbons (Fsp3) is 0.714. The Hall–Kier alpha value is -0.420. The van der Waals surface area contributed by atoms with Gasteiger partial charge in [-0.2, -0.15) is 0 Å².